The van der Waals surface area contributed by atoms with Gasteiger partial charge in [-0.2, -0.15) is 0 Å². The van der Waals surface area contributed by atoms with Gasteiger partial charge in [-0.05, 0) is 49.8 Å². The number of nitrogens with one attached hydrogen (secondary N) is 1. The number of aliphatic hydroxyl groups is 1. The first-order valence-corrected chi connectivity index (χ1v) is 8.61. The fourth-order valence-electron chi connectivity index (χ4n) is 2.04. The van der Waals surface area contributed by atoms with Gasteiger partial charge >= 0.3 is 0 Å². The third kappa shape index (κ3) is 3.78. The lowest BCUT2D eigenvalue weighted by Crippen LogP contribution is -2.37. The summed E-state index contributed by atoms with van der Waals surface area (Å²) in [6.07, 6.45) is 2.53. The van der Waals surface area contributed by atoms with Crippen molar-refractivity contribution in [1.82, 2.24) is 4.72 Å². The summed E-state index contributed by atoms with van der Waals surface area (Å²) in [5.74, 6) is 0.371. The summed E-state index contributed by atoms with van der Waals surface area (Å²) in [6.45, 7) is 1.91. The highest BCUT2D eigenvalue weighted by atomic mass is 79.9. The van der Waals surface area contributed by atoms with Gasteiger partial charge in [-0.25, -0.2) is 13.1 Å². The highest BCUT2D eigenvalue weighted by Gasteiger charge is 2.33. The summed E-state index contributed by atoms with van der Waals surface area (Å²) in [7, 11) is -3.52. The third-order valence-electron chi connectivity index (χ3n) is 3.39. The Morgan fingerprint density at radius 1 is 1.47 bits per heavy atom. The van der Waals surface area contributed by atoms with Crippen LogP contribution in [-0.2, 0) is 10.0 Å². The molecular weight excluding hydrogens is 330 g/mol. The molecule has 0 bridgehead atoms. The van der Waals surface area contributed by atoms with E-state index < -0.39 is 10.0 Å². The Morgan fingerprint density at radius 3 is 2.68 bits per heavy atom. The van der Waals surface area contributed by atoms with E-state index in [1.807, 2.05) is 6.92 Å². The van der Waals surface area contributed by atoms with Gasteiger partial charge in [0.05, 0.1) is 4.90 Å². The minimum absolute atomic E-state index is 0.00127. The van der Waals surface area contributed by atoms with Crippen molar-refractivity contribution in [2.24, 2.45) is 5.92 Å². The van der Waals surface area contributed by atoms with Crippen molar-refractivity contribution >= 4 is 26.0 Å². The number of sulfonamides is 1. The van der Waals surface area contributed by atoms with E-state index in [0.29, 0.717) is 12.3 Å². The van der Waals surface area contributed by atoms with Gasteiger partial charge in [-0.3, -0.25) is 0 Å². The van der Waals surface area contributed by atoms with Crippen LogP contribution in [0.15, 0.2) is 27.6 Å². The zero-order valence-electron chi connectivity index (χ0n) is 10.8. The van der Waals surface area contributed by atoms with Crippen LogP contribution in [0.4, 0.5) is 0 Å². The topological polar surface area (TPSA) is 66.4 Å². The summed E-state index contributed by atoms with van der Waals surface area (Å²) < 4.78 is 28.1. The zero-order chi connectivity index (χ0) is 14.0. The van der Waals surface area contributed by atoms with Crippen LogP contribution < -0.4 is 4.72 Å². The molecule has 2 N–H and O–H groups in total. The van der Waals surface area contributed by atoms with E-state index in [4.69, 9.17) is 5.11 Å². The van der Waals surface area contributed by atoms with Crippen molar-refractivity contribution < 1.29 is 13.5 Å². The fourth-order valence-corrected chi connectivity index (χ4v) is 3.93. The van der Waals surface area contributed by atoms with Gasteiger partial charge in [0.15, 0.2) is 0 Å². The Hall–Kier alpha value is -0.430. The number of aliphatic hydroxyl groups excluding tert-OH is 1. The van der Waals surface area contributed by atoms with Crippen LogP contribution in [0.25, 0.3) is 0 Å². The standard InChI is InChI=1S/C13H18BrNO3S/c1-9-2-5-11(8-12(9)14)19(17,18)15-13(6-7-16)10-3-4-10/h2,5,8,10,13,15-16H,3-4,6-7H2,1H3. The lowest BCUT2D eigenvalue weighted by atomic mass is 10.1. The van der Waals surface area contributed by atoms with E-state index in [-0.39, 0.29) is 17.5 Å². The molecule has 1 fully saturated rings. The lowest BCUT2D eigenvalue weighted by molar-refractivity contribution is 0.265. The highest BCUT2D eigenvalue weighted by molar-refractivity contribution is 9.10. The van der Waals surface area contributed by atoms with E-state index in [2.05, 4.69) is 20.7 Å². The second kappa shape index (κ2) is 5.91. The first kappa shape index (κ1) is 15.0. The first-order chi connectivity index (χ1) is 8.94. The molecule has 1 unspecified atom stereocenters. The van der Waals surface area contributed by atoms with Crippen LogP contribution in [-0.4, -0.2) is 26.2 Å². The Kier molecular flexibility index (Phi) is 4.66. The maximum atomic E-state index is 12.3. The average Bonchev–Trinajstić information content (AvgIpc) is 3.16. The predicted octanol–water partition coefficient (Wildman–Crippen LogP) is 2.20. The number of aryl methyl sites for hydroxylation is 1. The van der Waals surface area contributed by atoms with Gasteiger partial charge in [-0.1, -0.05) is 22.0 Å². The largest absolute Gasteiger partial charge is 0.396 e. The molecule has 0 saturated heterocycles. The van der Waals surface area contributed by atoms with Crippen molar-refractivity contribution in [3.05, 3.63) is 28.2 Å². The number of halogens is 1. The number of benzene rings is 1. The molecule has 0 heterocycles. The fraction of sp³-hybridized carbons (Fsp3) is 0.538. The summed E-state index contributed by atoms with van der Waals surface area (Å²) in [6, 6.07) is 4.83. The highest BCUT2D eigenvalue weighted by Crippen LogP contribution is 2.34. The molecule has 0 radical (unpaired) electrons. The number of hydrogen-bond donors (Lipinski definition) is 2. The number of hydrogen-bond acceptors (Lipinski definition) is 3. The zero-order valence-corrected chi connectivity index (χ0v) is 13.2. The van der Waals surface area contributed by atoms with Crippen LogP contribution in [0.1, 0.15) is 24.8 Å². The molecule has 1 atom stereocenters. The molecular formula is C13H18BrNO3S. The molecule has 1 aliphatic carbocycles. The van der Waals surface area contributed by atoms with Crippen molar-refractivity contribution in [3.8, 4) is 0 Å². The molecule has 0 aromatic heterocycles. The molecule has 0 spiro atoms. The van der Waals surface area contributed by atoms with E-state index in [1.54, 1.807) is 18.2 Å². The van der Waals surface area contributed by atoms with Crippen LogP contribution in [0.5, 0.6) is 0 Å². The minimum atomic E-state index is -3.52. The molecule has 0 aliphatic heterocycles. The molecule has 1 saturated carbocycles. The van der Waals surface area contributed by atoms with Gasteiger partial charge in [0.2, 0.25) is 10.0 Å². The SMILES string of the molecule is Cc1ccc(S(=O)(=O)NC(CCO)C2CC2)cc1Br. The average molecular weight is 348 g/mol. The monoisotopic (exact) mass is 347 g/mol. The smallest absolute Gasteiger partial charge is 0.240 e. The Morgan fingerprint density at radius 2 is 2.16 bits per heavy atom. The van der Waals surface area contributed by atoms with Crippen LogP contribution in [0, 0.1) is 12.8 Å². The van der Waals surface area contributed by atoms with Crippen molar-refractivity contribution in [2.75, 3.05) is 6.61 Å². The summed E-state index contributed by atoms with van der Waals surface area (Å²) in [5.41, 5.74) is 0.994. The second-order valence-corrected chi connectivity index (χ2v) is 7.56. The van der Waals surface area contributed by atoms with Gasteiger partial charge in [0.1, 0.15) is 0 Å². The molecule has 1 aliphatic rings. The van der Waals surface area contributed by atoms with Crippen molar-refractivity contribution in [1.29, 1.82) is 0 Å². The molecule has 0 amide bonds. The van der Waals surface area contributed by atoms with E-state index in [1.165, 1.54) is 0 Å². The predicted molar refractivity (Wildman–Crippen MR) is 77.4 cm³/mol. The first-order valence-electron chi connectivity index (χ1n) is 6.33. The van der Waals surface area contributed by atoms with Gasteiger partial charge < -0.3 is 5.11 Å². The van der Waals surface area contributed by atoms with Crippen LogP contribution >= 0.6 is 15.9 Å². The lowest BCUT2D eigenvalue weighted by Gasteiger charge is -2.17. The summed E-state index contributed by atoms with van der Waals surface area (Å²) >= 11 is 3.34. The summed E-state index contributed by atoms with van der Waals surface area (Å²) in [4.78, 5) is 0.258. The van der Waals surface area contributed by atoms with Gasteiger partial charge in [0.25, 0.3) is 0 Å². The molecule has 6 heteroatoms. The van der Waals surface area contributed by atoms with Crippen LogP contribution in [0.2, 0.25) is 0 Å². The van der Waals surface area contributed by atoms with Gasteiger partial charge in [-0.15, -0.1) is 0 Å². The minimum Gasteiger partial charge on any atom is -0.396 e. The normalized spacial score (nSPS) is 17.4. The maximum Gasteiger partial charge on any atom is 0.240 e. The third-order valence-corrected chi connectivity index (χ3v) is 5.73. The van der Waals surface area contributed by atoms with Gasteiger partial charge in [0, 0.05) is 17.1 Å². The van der Waals surface area contributed by atoms with E-state index in [9.17, 15) is 8.42 Å². The quantitative estimate of drug-likeness (QED) is 0.828. The molecule has 106 valence electrons. The molecule has 1 aromatic carbocycles. The Balaban J connectivity index is 2.18. The molecule has 2 rings (SSSR count). The Labute approximate surface area is 122 Å². The van der Waals surface area contributed by atoms with E-state index in [0.717, 1.165) is 22.9 Å². The molecule has 19 heavy (non-hydrogen) atoms. The Bertz CT molecular complexity index is 555. The molecule has 4 nitrogen and oxygen atoms in total. The number of rotatable bonds is 6. The summed E-state index contributed by atoms with van der Waals surface area (Å²) in [5, 5.41) is 9.02. The molecule has 1 aromatic rings. The van der Waals surface area contributed by atoms with Crippen molar-refractivity contribution in [2.45, 2.75) is 37.1 Å². The van der Waals surface area contributed by atoms with Crippen molar-refractivity contribution in [3.63, 3.8) is 0 Å². The maximum absolute atomic E-state index is 12.3. The van der Waals surface area contributed by atoms with Crippen LogP contribution in [0.3, 0.4) is 0 Å². The van der Waals surface area contributed by atoms with E-state index >= 15 is 0 Å². The second-order valence-electron chi connectivity index (χ2n) is 4.99.